The normalized spacial score (nSPS) is 15.9. The van der Waals surface area contributed by atoms with E-state index in [4.69, 9.17) is 0 Å². The van der Waals surface area contributed by atoms with Crippen LogP contribution < -0.4 is 5.32 Å². The molecule has 0 saturated heterocycles. The maximum atomic E-state index is 13.1. The molecule has 5 heteroatoms. The van der Waals surface area contributed by atoms with Gasteiger partial charge in [0.1, 0.15) is 12.4 Å². The van der Waals surface area contributed by atoms with Crippen LogP contribution in [-0.4, -0.2) is 29.3 Å². The summed E-state index contributed by atoms with van der Waals surface area (Å²) in [5.74, 6) is -0.767. The van der Waals surface area contributed by atoms with Crippen LogP contribution in [0.25, 0.3) is 0 Å². The van der Waals surface area contributed by atoms with Gasteiger partial charge in [-0.1, -0.05) is 31.7 Å². The molecular weight excluding hydrogens is 283 g/mol. The van der Waals surface area contributed by atoms with Crippen LogP contribution in [0.15, 0.2) is 24.3 Å². The van der Waals surface area contributed by atoms with Gasteiger partial charge in [0.05, 0.1) is 0 Å². The van der Waals surface area contributed by atoms with Crippen LogP contribution in [0, 0.1) is 5.82 Å². The third-order valence-electron chi connectivity index (χ3n) is 4.09. The molecular formula is C17H23FN2O2. The largest absolute Gasteiger partial charge is 0.331 e. The molecule has 2 amide bonds. The van der Waals surface area contributed by atoms with Gasteiger partial charge in [-0.05, 0) is 31.0 Å². The zero-order valence-corrected chi connectivity index (χ0v) is 13.0. The van der Waals surface area contributed by atoms with E-state index in [1.807, 2.05) is 0 Å². The molecule has 0 heterocycles. The lowest BCUT2D eigenvalue weighted by molar-refractivity contribution is -0.135. The summed E-state index contributed by atoms with van der Waals surface area (Å²) in [5.41, 5.74) is 0.411. The summed E-state index contributed by atoms with van der Waals surface area (Å²) in [5, 5.41) is 2.65. The van der Waals surface area contributed by atoms with Gasteiger partial charge >= 0.3 is 0 Å². The standard InChI is InChI=1S/C17H23FN2O2/c1-13(21)20(16-9-4-2-3-5-10-16)12-17(22)19-15-8-6-7-14(18)11-15/h6-8,11,16H,2-5,9-10,12H2,1H3,(H,19,22). The summed E-state index contributed by atoms with van der Waals surface area (Å²) >= 11 is 0. The summed E-state index contributed by atoms with van der Waals surface area (Å²) in [6.45, 7) is 1.52. The minimum atomic E-state index is -0.398. The van der Waals surface area contributed by atoms with E-state index in [0.29, 0.717) is 5.69 Å². The topological polar surface area (TPSA) is 49.4 Å². The molecule has 1 aromatic rings. The van der Waals surface area contributed by atoms with Crippen LogP contribution in [0.2, 0.25) is 0 Å². The molecule has 1 aliphatic carbocycles. The molecule has 2 rings (SSSR count). The highest BCUT2D eigenvalue weighted by Gasteiger charge is 2.24. The Bertz CT molecular complexity index is 525. The highest BCUT2D eigenvalue weighted by Crippen LogP contribution is 2.22. The molecule has 1 N–H and O–H groups in total. The Morgan fingerprint density at radius 2 is 1.91 bits per heavy atom. The van der Waals surface area contributed by atoms with Crippen LogP contribution >= 0.6 is 0 Å². The van der Waals surface area contributed by atoms with E-state index < -0.39 is 5.82 Å². The van der Waals surface area contributed by atoms with Crippen LogP contribution in [0.5, 0.6) is 0 Å². The number of nitrogens with one attached hydrogen (secondary N) is 1. The molecule has 22 heavy (non-hydrogen) atoms. The van der Waals surface area contributed by atoms with Crippen molar-refractivity contribution in [2.45, 2.75) is 51.5 Å². The fourth-order valence-corrected chi connectivity index (χ4v) is 2.99. The second-order valence-electron chi connectivity index (χ2n) is 5.85. The summed E-state index contributed by atoms with van der Waals surface area (Å²) in [6, 6.07) is 5.90. The van der Waals surface area contributed by atoms with Crippen molar-refractivity contribution in [1.29, 1.82) is 0 Å². The summed E-state index contributed by atoms with van der Waals surface area (Å²) in [4.78, 5) is 25.7. The smallest absolute Gasteiger partial charge is 0.244 e. The van der Waals surface area contributed by atoms with Crippen molar-refractivity contribution in [1.82, 2.24) is 4.90 Å². The van der Waals surface area contributed by atoms with E-state index >= 15 is 0 Å². The second kappa shape index (κ2) is 7.92. The van der Waals surface area contributed by atoms with Crippen LogP contribution in [0.4, 0.5) is 10.1 Å². The van der Waals surface area contributed by atoms with E-state index in [9.17, 15) is 14.0 Å². The van der Waals surface area contributed by atoms with Gasteiger partial charge in [-0.2, -0.15) is 0 Å². The number of hydrogen-bond acceptors (Lipinski definition) is 2. The number of amides is 2. The fraction of sp³-hybridized carbons (Fsp3) is 0.529. The summed E-state index contributed by atoms with van der Waals surface area (Å²) in [6.07, 6.45) is 6.48. The number of rotatable bonds is 4. The number of carbonyl (C=O) groups excluding carboxylic acids is 2. The fourth-order valence-electron chi connectivity index (χ4n) is 2.99. The minimum absolute atomic E-state index is 0.0243. The zero-order valence-electron chi connectivity index (χ0n) is 13.0. The van der Waals surface area contributed by atoms with Gasteiger partial charge in [0.25, 0.3) is 0 Å². The minimum Gasteiger partial charge on any atom is -0.331 e. The van der Waals surface area contributed by atoms with Crippen LogP contribution in [0.3, 0.4) is 0 Å². The van der Waals surface area contributed by atoms with Crippen molar-refractivity contribution in [3.05, 3.63) is 30.1 Å². The molecule has 1 aliphatic rings. The number of benzene rings is 1. The van der Waals surface area contributed by atoms with Crippen molar-refractivity contribution in [2.75, 3.05) is 11.9 Å². The van der Waals surface area contributed by atoms with E-state index in [1.165, 1.54) is 31.9 Å². The second-order valence-corrected chi connectivity index (χ2v) is 5.85. The first kappa shape index (κ1) is 16.5. The Labute approximate surface area is 130 Å². The summed E-state index contributed by atoms with van der Waals surface area (Å²) in [7, 11) is 0. The van der Waals surface area contributed by atoms with Gasteiger partial charge in [-0.15, -0.1) is 0 Å². The average Bonchev–Trinajstić information content (AvgIpc) is 2.73. The number of anilines is 1. The SMILES string of the molecule is CC(=O)N(CC(=O)Nc1cccc(F)c1)C1CCCCCC1. The van der Waals surface area contributed by atoms with Crippen molar-refractivity contribution >= 4 is 17.5 Å². The highest BCUT2D eigenvalue weighted by atomic mass is 19.1. The van der Waals surface area contributed by atoms with Gasteiger partial charge in [0.2, 0.25) is 11.8 Å². The van der Waals surface area contributed by atoms with E-state index in [0.717, 1.165) is 25.7 Å². The first-order chi connectivity index (χ1) is 10.6. The molecule has 0 bridgehead atoms. The predicted molar refractivity (Wildman–Crippen MR) is 83.9 cm³/mol. The molecule has 0 aromatic heterocycles. The van der Waals surface area contributed by atoms with E-state index in [1.54, 1.807) is 17.0 Å². The summed E-state index contributed by atoms with van der Waals surface area (Å²) < 4.78 is 13.1. The van der Waals surface area contributed by atoms with Gasteiger partial charge in [-0.25, -0.2) is 4.39 Å². The molecule has 0 unspecified atom stereocenters. The molecule has 1 saturated carbocycles. The van der Waals surface area contributed by atoms with E-state index in [-0.39, 0.29) is 24.4 Å². The number of halogens is 1. The zero-order chi connectivity index (χ0) is 15.9. The first-order valence-electron chi connectivity index (χ1n) is 7.89. The van der Waals surface area contributed by atoms with Crippen molar-refractivity contribution < 1.29 is 14.0 Å². The monoisotopic (exact) mass is 306 g/mol. The van der Waals surface area contributed by atoms with Gasteiger partial charge in [0, 0.05) is 18.7 Å². The Morgan fingerprint density at radius 1 is 1.23 bits per heavy atom. The Hall–Kier alpha value is -1.91. The van der Waals surface area contributed by atoms with Crippen LogP contribution in [0.1, 0.15) is 45.4 Å². The van der Waals surface area contributed by atoms with Crippen molar-refractivity contribution in [2.24, 2.45) is 0 Å². The van der Waals surface area contributed by atoms with E-state index in [2.05, 4.69) is 5.32 Å². The maximum absolute atomic E-state index is 13.1. The lowest BCUT2D eigenvalue weighted by Gasteiger charge is -2.29. The maximum Gasteiger partial charge on any atom is 0.244 e. The van der Waals surface area contributed by atoms with Crippen molar-refractivity contribution in [3.8, 4) is 0 Å². The highest BCUT2D eigenvalue weighted by molar-refractivity contribution is 5.94. The number of carbonyl (C=O) groups is 2. The average molecular weight is 306 g/mol. The molecule has 1 fully saturated rings. The third kappa shape index (κ3) is 4.83. The van der Waals surface area contributed by atoms with Gasteiger partial charge in [-0.3, -0.25) is 9.59 Å². The van der Waals surface area contributed by atoms with Crippen LogP contribution in [-0.2, 0) is 9.59 Å². The lowest BCUT2D eigenvalue weighted by Crippen LogP contribution is -2.43. The quantitative estimate of drug-likeness (QED) is 0.867. The number of hydrogen-bond donors (Lipinski definition) is 1. The Balaban J connectivity index is 1.97. The first-order valence-corrected chi connectivity index (χ1v) is 7.89. The predicted octanol–water partition coefficient (Wildman–Crippen LogP) is 3.34. The molecule has 4 nitrogen and oxygen atoms in total. The third-order valence-corrected chi connectivity index (χ3v) is 4.09. The Kier molecular flexibility index (Phi) is 5.92. The van der Waals surface area contributed by atoms with Gasteiger partial charge < -0.3 is 10.2 Å². The molecule has 120 valence electrons. The molecule has 0 atom stereocenters. The van der Waals surface area contributed by atoms with Gasteiger partial charge in [0.15, 0.2) is 0 Å². The lowest BCUT2D eigenvalue weighted by atomic mass is 10.1. The molecule has 0 aliphatic heterocycles. The molecule has 0 radical (unpaired) electrons. The Morgan fingerprint density at radius 3 is 2.50 bits per heavy atom. The van der Waals surface area contributed by atoms with Crippen molar-refractivity contribution in [3.63, 3.8) is 0 Å². The molecule has 0 spiro atoms. The number of nitrogens with zero attached hydrogens (tertiary/aromatic N) is 1. The molecule has 1 aromatic carbocycles.